The third-order valence-electron chi connectivity index (χ3n) is 3.74. The third kappa shape index (κ3) is 3.77. The zero-order valence-electron chi connectivity index (χ0n) is 12.9. The van der Waals surface area contributed by atoms with E-state index in [1.165, 1.54) is 12.3 Å². The number of rotatable bonds is 4. The molecule has 2 heterocycles. The molecule has 6 nitrogen and oxygen atoms in total. The first-order valence-corrected chi connectivity index (χ1v) is 7.99. The van der Waals surface area contributed by atoms with Crippen LogP contribution in [-0.4, -0.2) is 48.1 Å². The Labute approximate surface area is 144 Å². The lowest BCUT2D eigenvalue weighted by atomic mass is 10.1. The predicted molar refractivity (Wildman–Crippen MR) is 87.8 cm³/mol. The lowest BCUT2D eigenvalue weighted by Gasteiger charge is -2.30. The second-order valence-corrected chi connectivity index (χ2v) is 5.80. The van der Waals surface area contributed by atoms with Crippen molar-refractivity contribution in [3.05, 3.63) is 58.9 Å². The van der Waals surface area contributed by atoms with E-state index >= 15 is 0 Å². The van der Waals surface area contributed by atoms with Crippen molar-refractivity contribution in [3.63, 3.8) is 0 Å². The van der Waals surface area contributed by atoms with Crippen molar-refractivity contribution < 1.29 is 19.1 Å². The summed E-state index contributed by atoms with van der Waals surface area (Å²) >= 11 is 5.81. The van der Waals surface area contributed by atoms with Gasteiger partial charge in [-0.05, 0) is 6.07 Å². The number of carbonyl (C=O) groups is 2. The number of morpholine rings is 1. The van der Waals surface area contributed by atoms with Crippen LogP contribution < -0.4 is 0 Å². The first kappa shape index (κ1) is 16.5. The van der Waals surface area contributed by atoms with Gasteiger partial charge in [-0.3, -0.25) is 4.79 Å². The Balaban J connectivity index is 1.82. The van der Waals surface area contributed by atoms with Crippen molar-refractivity contribution in [3.8, 4) is 0 Å². The molecule has 126 valence electrons. The summed E-state index contributed by atoms with van der Waals surface area (Å²) in [4.78, 5) is 29.5. The molecule has 1 amide bonds. The number of carbonyl (C=O) groups excluding carboxylic acids is 2. The average molecular weight is 349 g/mol. The van der Waals surface area contributed by atoms with Crippen LogP contribution in [0, 0.1) is 0 Å². The Morgan fingerprint density at radius 2 is 1.92 bits per heavy atom. The molecular formula is C17H17ClN2O4. The lowest BCUT2D eigenvalue weighted by molar-refractivity contribution is -0.145. The first-order valence-electron chi connectivity index (χ1n) is 7.61. The molecule has 1 N–H and O–H groups in total. The number of amides is 1. The van der Waals surface area contributed by atoms with E-state index in [-0.39, 0.29) is 11.6 Å². The Kier molecular flexibility index (Phi) is 5.17. The van der Waals surface area contributed by atoms with Crippen molar-refractivity contribution in [1.29, 1.82) is 0 Å². The molecule has 1 aliphatic heterocycles. The van der Waals surface area contributed by atoms with Crippen LogP contribution in [0.2, 0.25) is 5.02 Å². The zero-order valence-corrected chi connectivity index (χ0v) is 13.7. The molecule has 3 rings (SSSR count). The molecule has 1 aromatic heterocycles. The fourth-order valence-electron chi connectivity index (χ4n) is 2.49. The minimum Gasteiger partial charge on any atom is -0.443 e. The van der Waals surface area contributed by atoms with Gasteiger partial charge in [-0.2, -0.15) is 0 Å². The highest BCUT2D eigenvalue weighted by Crippen LogP contribution is 2.23. The van der Waals surface area contributed by atoms with E-state index < -0.39 is 12.1 Å². The largest absolute Gasteiger partial charge is 0.443 e. The van der Waals surface area contributed by atoms with Crippen LogP contribution in [0.4, 0.5) is 0 Å². The van der Waals surface area contributed by atoms with Crippen LogP contribution in [0.5, 0.6) is 0 Å². The summed E-state index contributed by atoms with van der Waals surface area (Å²) in [7, 11) is 0. The fraction of sp³-hybridized carbons (Fsp3) is 0.294. The summed E-state index contributed by atoms with van der Waals surface area (Å²) < 4.78 is 10.8. The van der Waals surface area contributed by atoms with E-state index in [9.17, 15) is 9.59 Å². The molecule has 0 aliphatic carbocycles. The van der Waals surface area contributed by atoms with E-state index in [1.54, 1.807) is 29.2 Å². The van der Waals surface area contributed by atoms with Gasteiger partial charge in [-0.1, -0.05) is 41.9 Å². The van der Waals surface area contributed by atoms with Gasteiger partial charge in [0.15, 0.2) is 0 Å². The predicted octanol–water partition coefficient (Wildman–Crippen LogP) is 2.42. The van der Waals surface area contributed by atoms with Crippen molar-refractivity contribution >= 4 is 23.5 Å². The summed E-state index contributed by atoms with van der Waals surface area (Å²) in [5.41, 5.74) is 0.829. The van der Waals surface area contributed by atoms with Gasteiger partial charge in [0.05, 0.1) is 18.2 Å². The number of esters is 1. The van der Waals surface area contributed by atoms with Gasteiger partial charge >= 0.3 is 5.97 Å². The Hall–Kier alpha value is -2.31. The quantitative estimate of drug-likeness (QED) is 0.861. The second-order valence-electron chi connectivity index (χ2n) is 5.37. The summed E-state index contributed by atoms with van der Waals surface area (Å²) in [6.45, 7) is 1.92. The number of benzene rings is 1. The molecule has 1 aliphatic rings. The number of aromatic nitrogens is 1. The lowest BCUT2D eigenvalue weighted by Crippen LogP contribution is -2.44. The SMILES string of the molecule is O=C(OC(C(=O)N1CCOCC1)c1ccccc1)c1cc(Cl)c[nH]1. The molecule has 2 aromatic rings. The maximum Gasteiger partial charge on any atom is 0.355 e. The topological polar surface area (TPSA) is 71.6 Å². The van der Waals surface area contributed by atoms with Crippen LogP contribution in [0.3, 0.4) is 0 Å². The summed E-state index contributed by atoms with van der Waals surface area (Å²) in [6.07, 6.45) is 0.485. The molecule has 0 bridgehead atoms. The summed E-state index contributed by atoms with van der Waals surface area (Å²) in [6, 6.07) is 10.4. The molecule has 1 aromatic carbocycles. The van der Waals surface area contributed by atoms with Crippen LogP contribution in [0.1, 0.15) is 22.2 Å². The van der Waals surface area contributed by atoms with Gasteiger partial charge in [-0.25, -0.2) is 4.79 Å². The molecule has 1 fully saturated rings. The van der Waals surface area contributed by atoms with Gasteiger partial charge in [0.25, 0.3) is 5.91 Å². The van der Waals surface area contributed by atoms with Gasteiger partial charge < -0.3 is 19.4 Å². The fourth-order valence-corrected chi connectivity index (χ4v) is 2.66. The minimum absolute atomic E-state index is 0.204. The molecule has 1 saturated heterocycles. The Morgan fingerprint density at radius 1 is 1.21 bits per heavy atom. The molecule has 1 unspecified atom stereocenters. The van der Waals surface area contributed by atoms with E-state index in [4.69, 9.17) is 21.1 Å². The first-order chi connectivity index (χ1) is 11.6. The van der Waals surface area contributed by atoms with E-state index in [0.717, 1.165) is 0 Å². The number of halogens is 1. The van der Waals surface area contributed by atoms with Gasteiger partial charge in [0, 0.05) is 24.8 Å². The summed E-state index contributed by atoms with van der Waals surface area (Å²) in [5, 5.41) is 0.401. The van der Waals surface area contributed by atoms with E-state index in [2.05, 4.69) is 4.98 Å². The number of hydrogen-bond acceptors (Lipinski definition) is 4. The minimum atomic E-state index is -1.00. The number of hydrogen-bond donors (Lipinski definition) is 1. The van der Waals surface area contributed by atoms with Gasteiger partial charge in [0.1, 0.15) is 5.69 Å². The van der Waals surface area contributed by atoms with Crippen LogP contribution in [-0.2, 0) is 14.3 Å². The second kappa shape index (κ2) is 7.51. The van der Waals surface area contributed by atoms with Gasteiger partial charge in [-0.15, -0.1) is 0 Å². The number of H-pyrrole nitrogens is 1. The van der Waals surface area contributed by atoms with Crippen LogP contribution in [0.25, 0.3) is 0 Å². The van der Waals surface area contributed by atoms with Crippen molar-refractivity contribution in [2.24, 2.45) is 0 Å². The molecule has 24 heavy (non-hydrogen) atoms. The number of nitrogens with zero attached hydrogens (tertiary/aromatic N) is 1. The van der Waals surface area contributed by atoms with Crippen molar-refractivity contribution in [2.45, 2.75) is 6.10 Å². The molecular weight excluding hydrogens is 332 g/mol. The highest BCUT2D eigenvalue weighted by molar-refractivity contribution is 6.30. The molecule has 1 atom stereocenters. The average Bonchev–Trinajstić information content (AvgIpc) is 3.07. The molecule has 0 radical (unpaired) electrons. The standard InChI is InChI=1S/C17H17ClN2O4/c18-13-10-14(19-11-13)17(22)24-15(12-4-2-1-3-5-12)16(21)20-6-8-23-9-7-20/h1-5,10-11,15,19H,6-9H2. The number of aromatic amines is 1. The van der Waals surface area contributed by atoms with Crippen LogP contribution in [0.15, 0.2) is 42.6 Å². The van der Waals surface area contributed by atoms with Crippen LogP contribution >= 0.6 is 11.6 Å². The van der Waals surface area contributed by atoms with Gasteiger partial charge in [0.2, 0.25) is 6.10 Å². The maximum absolute atomic E-state index is 12.8. The summed E-state index contributed by atoms with van der Waals surface area (Å²) in [5.74, 6) is -0.882. The molecule has 0 saturated carbocycles. The molecule has 7 heteroatoms. The monoisotopic (exact) mass is 348 g/mol. The highest BCUT2D eigenvalue weighted by Gasteiger charge is 2.31. The van der Waals surface area contributed by atoms with E-state index in [1.807, 2.05) is 6.07 Å². The van der Waals surface area contributed by atoms with Crippen molar-refractivity contribution in [1.82, 2.24) is 9.88 Å². The van der Waals surface area contributed by atoms with E-state index in [0.29, 0.717) is 36.9 Å². The third-order valence-corrected chi connectivity index (χ3v) is 3.96. The van der Waals surface area contributed by atoms with Crippen molar-refractivity contribution in [2.75, 3.05) is 26.3 Å². The Bertz CT molecular complexity index is 710. The maximum atomic E-state index is 12.8. The number of ether oxygens (including phenoxy) is 2. The molecule has 0 spiro atoms. The number of nitrogens with one attached hydrogen (secondary N) is 1. The highest BCUT2D eigenvalue weighted by atomic mass is 35.5. The Morgan fingerprint density at radius 3 is 2.54 bits per heavy atom. The normalized spacial score (nSPS) is 15.8. The zero-order chi connectivity index (χ0) is 16.9. The smallest absolute Gasteiger partial charge is 0.355 e.